The summed E-state index contributed by atoms with van der Waals surface area (Å²) in [6, 6.07) is 15.7. The molecule has 2 aliphatic rings. The van der Waals surface area contributed by atoms with Crippen molar-refractivity contribution in [3.8, 4) is 5.75 Å². The van der Waals surface area contributed by atoms with Gasteiger partial charge >= 0.3 is 0 Å². The van der Waals surface area contributed by atoms with Gasteiger partial charge in [-0.25, -0.2) is 13.6 Å². The van der Waals surface area contributed by atoms with Crippen molar-refractivity contribution in [3.05, 3.63) is 94.2 Å². The van der Waals surface area contributed by atoms with Gasteiger partial charge in [-0.05, 0) is 37.6 Å². The SMILES string of the molecule is CC(C)(Oc1cccc(C(=N)N)c1)C(=O)N1c2ccc(-c3ccccc3)c1c2S(N)(=O)=O. The van der Waals surface area contributed by atoms with Crippen LogP contribution in [-0.4, -0.2) is 30.7 Å². The molecule has 2 bridgehead atoms. The van der Waals surface area contributed by atoms with Crippen molar-refractivity contribution in [1.82, 2.24) is 4.90 Å². The zero-order chi connectivity index (χ0) is 23.3. The first-order valence-corrected chi connectivity index (χ1v) is 11.3. The van der Waals surface area contributed by atoms with Crippen LogP contribution in [0.5, 0.6) is 5.75 Å². The van der Waals surface area contributed by atoms with Crippen molar-refractivity contribution in [3.63, 3.8) is 0 Å². The Labute approximate surface area is 186 Å². The summed E-state index contributed by atoms with van der Waals surface area (Å²) in [5.41, 5.74) is 6.41. The summed E-state index contributed by atoms with van der Waals surface area (Å²) < 4.78 is 30.5. The number of fused-ring (bicyclic) bond motifs is 2. The zero-order valence-corrected chi connectivity index (χ0v) is 18.3. The highest BCUT2D eigenvalue weighted by atomic mass is 32.2. The predicted molar refractivity (Wildman–Crippen MR) is 122 cm³/mol. The maximum Gasteiger partial charge on any atom is 0.275 e. The first kappa shape index (κ1) is 21.5. The van der Waals surface area contributed by atoms with Crippen LogP contribution in [0.15, 0.2) is 83.0 Å². The summed E-state index contributed by atoms with van der Waals surface area (Å²) in [5.74, 6) is -0.223. The number of nitrogen functional groups attached to an aromatic ring is 1. The maximum atomic E-state index is 13.5. The van der Waals surface area contributed by atoms with Gasteiger partial charge in [0.2, 0.25) is 10.0 Å². The monoisotopic (exact) mass is 450 g/mol. The molecule has 2 heterocycles. The summed E-state index contributed by atoms with van der Waals surface area (Å²) in [6.07, 6.45) is 3.34. The lowest BCUT2D eigenvalue weighted by molar-refractivity contribution is -0.142. The van der Waals surface area contributed by atoms with Gasteiger partial charge in [-0.3, -0.25) is 15.1 Å². The van der Waals surface area contributed by atoms with Gasteiger partial charge in [-0.2, -0.15) is 0 Å². The third kappa shape index (κ3) is 3.61. The summed E-state index contributed by atoms with van der Waals surface area (Å²) in [6.45, 7) is 3.18. The topological polar surface area (TPSA) is 140 Å². The second-order valence-corrected chi connectivity index (χ2v) is 9.41. The minimum Gasteiger partial charge on any atom is -0.478 e. The molecule has 0 radical (unpaired) electrons. The zero-order valence-electron chi connectivity index (χ0n) is 17.5. The molecule has 2 aliphatic heterocycles. The van der Waals surface area contributed by atoms with Gasteiger partial charge in [0.15, 0.2) is 5.60 Å². The highest BCUT2D eigenvalue weighted by molar-refractivity contribution is 7.93. The number of allylic oxidation sites excluding steroid dienone is 3. The van der Waals surface area contributed by atoms with Crippen LogP contribution in [0.25, 0.3) is 5.57 Å². The lowest BCUT2D eigenvalue weighted by Gasteiger charge is -2.44. The van der Waals surface area contributed by atoms with E-state index in [0.717, 1.165) is 5.56 Å². The van der Waals surface area contributed by atoms with Crippen LogP contribution in [0.3, 0.4) is 0 Å². The Morgan fingerprint density at radius 2 is 1.75 bits per heavy atom. The molecule has 32 heavy (non-hydrogen) atoms. The molecule has 4 rings (SSSR count). The molecule has 0 spiro atoms. The average Bonchev–Trinajstić information content (AvgIpc) is 2.73. The third-order valence-corrected chi connectivity index (χ3v) is 6.15. The summed E-state index contributed by atoms with van der Waals surface area (Å²) in [5, 5.41) is 13.0. The molecular weight excluding hydrogens is 428 g/mol. The van der Waals surface area contributed by atoms with Crippen LogP contribution in [0.4, 0.5) is 0 Å². The van der Waals surface area contributed by atoms with Crippen molar-refractivity contribution >= 4 is 27.3 Å². The van der Waals surface area contributed by atoms with E-state index in [9.17, 15) is 13.2 Å². The third-order valence-electron chi connectivity index (χ3n) is 5.18. The van der Waals surface area contributed by atoms with E-state index >= 15 is 0 Å². The number of nitrogens with zero attached hydrogens (tertiary/aromatic N) is 1. The molecule has 8 nitrogen and oxygen atoms in total. The number of amidine groups is 1. The predicted octanol–water partition coefficient (Wildman–Crippen LogP) is 2.45. The molecule has 164 valence electrons. The van der Waals surface area contributed by atoms with Gasteiger partial charge in [0.1, 0.15) is 16.5 Å². The quantitative estimate of drug-likeness (QED) is 0.458. The van der Waals surface area contributed by atoms with Gasteiger partial charge in [0.25, 0.3) is 5.91 Å². The number of nitrogens with two attached hydrogens (primary N) is 2. The first-order chi connectivity index (χ1) is 15.0. The fourth-order valence-corrected chi connectivity index (χ4v) is 4.62. The normalized spacial score (nSPS) is 15.5. The summed E-state index contributed by atoms with van der Waals surface area (Å²) >= 11 is 0. The van der Waals surface area contributed by atoms with Crippen LogP contribution in [0, 0.1) is 5.41 Å². The van der Waals surface area contributed by atoms with Crippen LogP contribution in [0.1, 0.15) is 25.0 Å². The number of hydrogen-bond donors (Lipinski definition) is 3. The lowest BCUT2D eigenvalue weighted by Crippen LogP contribution is -2.54. The van der Waals surface area contributed by atoms with E-state index in [4.69, 9.17) is 21.0 Å². The molecule has 0 fully saturated rings. The Kier molecular flexibility index (Phi) is 5.03. The number of amides is 1. The largest absolute Gasteiger partial charge is 0.478 e. The molecule has 0 saturated heterocycles. The smallest absolute Gasteiger partial charge is 0.275 e. The Bertz CT molecular complexity index is 1340. The first-order valence-electron chi connectivity index (χ1n) is 9.74. The Morgan fingerprint density at radius 3 is 2.38 bits per heavy atom. The molecular formula is C23H22N4O4S. The Morgan fingerprint density at radius 1 is 1.06 bits per heavy atom. The van der Waals surface area contributed by atoms with Gasteiger partial charge in [0, 0.05) is 11.1 Å². The molecule has 9 heteroatoms. The number of benzene rings is 2. The highest BCUT2D eigenvalue weighted by Gasteiger charge is 2.50. The number of sulfonamides is 1. The van der Waals surface area contributed by atoms with Gasteiger partial charge in [-0.15, -0.1) is 0 Å². The number of carbonyl (C=O) groups excluding carboxylic acids is 1. The number of rotatable bonds is 6. The average molecular weight is 451 g/mol. The van der Waals surface area contributed by atoms with E-state index in [1.54, 1.807) is 50.3 Å². The fraction of sp³-hybridized carbons (Fsp3) is 0.130. The molecule has 0 saturated carbocycles. The van der Waals surface area contributed by atoms with E-state index in [1.807, 2.05) is 30.3 Å². The van der Waals surface area contributed by atoms with Crippen molar-refractivity contribution < 1.29 is 17.9 Å². The highest BCUT2D eigenvalue weighted by Crippen LogP contribution is 2.48. The molecule has 5 N–H and O–H groups in total. The van der Waals surface area contributed by atoms with Crippen LogP contribution < -0.4 is 15.6 Å². The van der Waals surface area contributed by atoms with E-state index in [0.29, 0.717) is 16.9 Å². The van der Waals surface area contributed by atoms with Gasteiger partial charge in [0.05, 0.1) is 11.4 Å². The molecule has 2 aromatic carbocycles. The Hall–Kier alpha value is -3.69. The van der Waals surface area contributed by atoms with Crippen molar-refractivity contribution in [2.24, 2.45) is 10.9 Å². The number of ether oxygens (including phenoxy) is 1. The molecule has 0 aliphatic carbocycles. The molecule has 0 aromatic heterocycles. The van der Waals surface area contributed by atoms with E-state index in [2.05, 4.69) is 0 Å². The van der Waals surface area contributed by atoms with E-state index < -0.39 is 21.5 Å². The van der Waals surface area contributed by atoms with Crippen molar-refractivity contribution in [1.29, 1.82) is 5.41 Å². The molecule has 0 atom stereocenters. The van der Waals surface area contributed by atoms with Crippen molar-refractivity contribution in [2.75, 3.05) is 0 Å². The minimum atomic E-state index is -4.05. The second kappa shape index (κ2) is 7.47. The van der Waals surface area contributed by atoms with Gasteiger partial charge in [-0.1, -0.05) is 48.5 Å². The second-order valence-electron chi connectivity index (χ2n) is 7.92. The van der Waals surface area contributed by atoms with Crippen LogP contribution in [-0.2, 0) is 14.8 Å². The summed E-state index contributed by atoms with van der Waals surface area (Å²) in [7, 11) is -4.05. The number of hydrogen-bond acceptors (Lipinski definition) is 5. The van der Waals surface area contributed by atoms with E-state index in [1.165, 1.54) is 4.90 Å². The molecule has 2 aromatic rings. The molecule has 1 amide bonds. The molecule has 0 unspecified atom stereocenters. The van der Waals surface area contributed by atoms with Gasteiger partial charge < -0.3 is 10.5 Å². The standard InChI is InChI=1S/C23H22N4O4S/c1-23(2,31-16-10-6-9-15(13-16)21(24)25)22(28)27-18-12-11-17(14-7-4-3-5-8-14)19(27)20(18)32(26,29)30/h3-13H,1-2H3,(H3,24,25)(H2,26,29,30). The minimum absolute atomic E-state index is 0.0680. The summed E-state index contributed by atoms with van der Waals surface area (Å²) in [4.78, 5) is 14.8. The Balaban J connectivity index is 1.71. The number of primary sulfonamides is 1. The van der Waals surface area contributed by atoms with E-state index in [-0.39, 0.29) is 22.1 Å². The van der Waals surface area contributed by atoms with Crippen LogP contribution >= 0.6 is 0 Å². The number of nitrogens with one attached hydrogen (secondary N) is 1. The maximum absolute atomic E-state index is 13.5. The lowest BCUT2D eigenvalue weighted by atomic mass is 9.89. The van der Waals surface area contributed by atoms with Crippen molar-refractivity contribution in [2.45, 2.75) is 19.4 Å². The fourth-order valence-electron chi connectivity index (χ4n) is 3.70. The number of carbonyl (C=O) groups is 1. The van der Waals surface area contributed by atoms with Crippen LogP contribution in [0.2, 0.25) is 0 Å².